The molecular formula is C33H66NO9+. The van der Waals surface area contributed by atoms with Crippen LogP contribution in [0.15, 0.2) is 0 Å². The minimum Gasteiger partial charge on any atom is -0.420 e. The summed E-state index contributed by atoms with van der Waals surface area (Å²) >= 11 is 0. The Hall–Kier alpha value is -0.850. The second-order valence-electron chi connectivity index (χ2n) is 12.0. The van der Waals surface area contributed by atoms with Gasteiger partial charge in [-0.1, -0.05) is 96.8 Å². The van der Waals surface area contributed by atoms with Gasteiger partial charge in [0.05, 0.1) is 39.6 Å². The minimum absolute atomic E-state index is 0.139. The molecule has 0 aromatic rings. The van der Waals surface area contributed by atoms with Gasteiger partial charge in [-0.3, -0.25) is 0 Å². The third-order valence-corrected chi connectivity index (χ3v) is 8.61. The zero-order valence-corrected chi connectivity index (χ0v) is 27.6. The zero-order valence-electron chi connectivity index (χ0n) is 27.6. The van der Waals surface area contributed by atoms with E-state index in [9.17, 15) is 25.2 Å². The van der Waals surface area contributed by atoms with Crippen molar-refractivity contribution in [1.29, 1.82) is 0 Å². The lowest BCUT2D eigenvalue weighted by molar-refractivity contribution is -0.915. The molecule has 256 valence electrons. The van der Waals surface area contributed by atoms with E-state index in [-0.39, 0.29) is 19.8 Å². The van der Waals surface area contributed by atoms with Crippen LogP contribution < -0.4 is 0 Å². The number of amides is 1. The number of aliphatic hydroxyl groups excluding tert-OH is 4. The van der Waals surface area contributed by atoms with E-state index in [1.54, 1.807) is 6.92 Å². The van der Waals surface area contributed by atoms with Crippen LogP contribution in [0, 0.1) is 0 Å². The van der Waals surface area contributed by atoms with Crippen LogP contribution in [-0.4, -0.2) is 114 Å². The van der Waals surface area contributed by atoms with E-state index in [2.05, 4.69) is 6.92 Å². The van der Waals surface area contributed by atoms with E-state index in [1.165, 1.54) is 77.0 Å². The summed E-state index contributed by atoms with van der Waals surface area (Å²) in [5, 5.41) is 41.6. The molecule has 0 radical (unpaired) electrons. The highest BCUT2D eigenvalue weighted by molar-refractivity contribution is 5.60. The fourth-order valence-electron chi connectivity index (χ4n) is 5.93. The SMILES string of the molecule is CCCCCCCCCCCCCCCCCC[N+](CCOCCOCC)(C(=O)OCC)C1O[C@H](CO)[C@@H](O)[C@H](O)[C@H]1O. The Labute approximate surface area is 261 Å². The number of carbonyl (C=O) groups is 1. The van der Waals surface area contributed by atoms with E-state index >= 15 is 0 Å². The number of hydrogen-bond acceptors (Lipinski definition) is 9. The first-order valence-corrected chi connectivity index (χ1v) is 17.4. The molecule has 0 saturated carbocycles. The molecule has 1 fully saturated rings. The van der Waals surface area contributed by atoms with Gasteiger partial charge < -0.3 is 39.4 Å². The number of carbonyl (C=O) groups excluding carboxylic acids is 1. The van der Waals surface area contributed by atoms with Crippen molar-refractivity contribution in [3.05, 3.63) is 0 Å². The van der Waals surface area contributed by atoms with E-state index < -0.39 is 47.8 Å². The Kier molecular flexibility index (Phi) is 23.7. The van der Waals surface area contributed by atoms with E-state index in [1.807, 2.05) is 6.92 Å². The van der Waals surface area contributed by atoms with Gasteiger partial charge in [-0.2, -0.15) is 9.28 Å². The summed E-state index contributed by atoms with van der Waals surface area (Å²) in [5.74, 6) is 0. The Morgan fingerprint density at radius 2 is 1.14 bits per heavy atom. The van der Waals surface area contributed by atoms with Crippen LogP contribution in [0.5, 0.6) is 0 Å². The molecule has 0 spiro atoms. The molecule has 6 atom stereocenters. The van der Waals surface area contributed by atoms with Crippen LogP contribution in [0.25, 0.3) is 0 Å². The van der Waals surface area contributed by atoms with Crippen molar-refractivity contribution < 1.29 is 48.7 Å². The number of ether oxygens (including phenoxy) is 4. The largest absolute Gasteiger partial charge is 0.518 e. The lowest BCUT2D eigenvalue weighted by Gasteiger charge is -2.48. The normalized spacial score (nSPS) is 23.7. The molecule has 10 heteroatoms. The summed E-state index contributed by atoms with van der Waals surface area (Å²) in [6, 6.07) is 0. The Balaban J connectivity index is 2.61. The number of hydrogen-bond donors (Lipinski definition) is 4. The molecule has 2 unspecified atom stereocenters. The average Bonchev–Trinajstić information content (AvgIpc) is 3.00. The maximum absolute atomic E-state index is 13.5. The van der Waals surface area contributed by atoms with Crippen molar-refractivity contribution in [2.24, 2.45) is 0 Å². The molecule has 1 rings (SSSR count). The second-order valence-corrected chi connectivity index (χ2v) is 12.0. The Bertz CT molecular complexity index is 668. The second kappa shape index (κ2) is 25.4. The third kappa shape index (κ3) is 15.3. The molecule has 4 N–H and O–H groups in total. The predicted molar refractivity (Wildman–Crippen MR) is 168 cm³/mol. The highest BCUT2D eigenvalue weighted by Gasteiger charge is 2.57. The average molecular weight is 621 g/mol. The Morgan fingerprint density at radius 1 is 0.628 bits per heavy atom. The van der Waals surface area contributed by atoms with Crippen molar-refractivity contribution in [2.45, 2.75) is 154 Å². The molecular weight excluding hydrogens is 554 g/mol. The van der Waals surface area contributed by atoms with Crippen molar-refractivity contribution in [3.8, 4) is 0 Å². The number of aliphatic hydroxyl groups is 4. The van der Waals surface area contributed by atoms with Gasteiger partial charge in [-0.05, 0) is 26.7 Å². The molecule has 43 heavy (non-hydrogen) atoms. The summed E-state index contributed by atoms with van der Waals surface area (Å²) in [4.78, 5) is 13.5. The molecule has 0 aliphatic carbocycles. The third-order valence-electron chi connectivity index (χ3n) is 8.61. The standard InChI is InChI=1S/C33H66NO9/c1-4-7-8-9-10-11-12-13-14-15-16-17-18-19-20-21-22-34(33(39)42-6-3,23-24-41-26-25-40-5-2)32-31(38)30(37)29(36)28(27-35)43-32/h28-32,35-38H,4-27H2,1-3H3/q+1/t28-,29-,30+,31-,32?,34?/m1/s1. The smallest absolute Gasteiger partial charge is 0.420 e. The lowest BCUT2D eigenvalue weighted by Crippen LogP contribution is -2.72. The van der Waals surface area contributed by atoms with Gasteiger partial charge in [-0.15, -0.1) is 0 Å². The quantitative estimate of drug-likeness (QED) is 0.0733. The molecule has 0 aromatic heterocycles. The number of quaternary nitrogens is 1. The monoisotopic (exact) mass is 620 g/mol. The molecule has 1 saturated heterocycles. The summed E-state index contributed by atoms with van der Waals surface area (Å²) in [5.41, 5.74) is 0. The van der Waals surface area contributed by atoms with Gasteiger partial charge in [0.1, 0.15) is 24.9 Å². The molecule has 1 heterocycles. The first kappa shape index (κ1) is 40.2. The highest BCUT2D eigenvalue weighted by atomic mass is 16.6. The molecule has 1 aliphatic rings. The van der Waals surface area contributed by atoms with Crippen LogP contribution in [-0.2, 0) is 18.9 Å². The van der Waals surface area contributed by atoms with Crippen molar-refractivity contribution >= 4 is 6.09 Å². The minimum atomic E-state index is -1.58. The van der Waals surface area contributed by atoms with Gasteiger partial charge in [0.15, 0.2) is 6.10 Å². The van der Waals surface area contributed by atoms with Gasteiger partial charge in [-0.25, -0.2) is 0 Å². The summed E-state index contributed by atoms with van der Waals surface area (Å²) in [6.07, 6.45) is 12.2. The first-order chi connectivity index (χ1) is 20.9. The van der Waals surface area contributed by atoms with E-state index in [4.69, 9.17) is 18.9 Å². The number of rotatable bonds is 27. The molecule has 1 aliphatic heterocycles. The summed E-state index contributed by atoms with van der Waals surface area (Å²) in [6.45, 7) is 7.45. The van der Waals surface area contributed by atoms with Gasteiger partial charge in [0.25, 0.3) is 0 Å². The summed E-state index contributed by atoms with van der Waals surface area (Å²) < 4.78 is 22.0. The Morgan fingerprint density at radius 3 is 1.63 bits per heavy atom. The number of unbranched alkanes of at least 4 members (excludes halogenated alkanes) is 15. The molecule has 1 amide bonds. The first-order valence-electron chi connectivity index (χ1n) is 17.4. The van der Waals surface area contributed by atoms with Crippen LogP contribution in [0.1, 0.15) is 124 Å². The van der Waals surface area contributed by atoms with Gasteiger partial charge in [0.2, 0.25) is 6.23 Å². The van der Waals surface area contributed by atoms with E-state index in [0.29, 0.717) is 32.8 Å². The van der Waals surface area contributed by atoms with E-state index in [0.717, 1.165) is 19.3 Å². The van der Waals surface area contributed by atoms with Crippen molar-refractivity contribution in [1.82, 2.24) is 0 Å². The van der Waals surface area contributed by atoms with Crippen LogP contribution >= 0.6 is 0 Å². The highest BCUT2D eigenvalue weighted by Crippen LogP contribution is 2.31. The fraction of sp³-hybridized carbons (Fsp3) is 0.970. The topological polar surface area (TPSA) is 135 Å². The van der Waals surface area contributed by atoms with Crippen LogP contribution in [0.3, 0.4) is 0 Å². The molecule has 0 aromatic carbocycles. The van der Waals surface area contributed by atoms with Gasteiger partial charge >= 0.3 is 6.09 Å². The molecule has 10 nitrogen and oxygen atoms in total. The maximum atomic E-state index is 13.5. The van der Waals surface area contributed by atoms with Crippen molar-refractivity contribution in [2.75, 3.05) is 52.7 Å². The molecule has 0 bridgehead atoms. The van der Waals surface area contributed by atoms with Gasteiger partial charge in [0, 0.05) is 6.61 Å². The lowest BCUT2D eigenvalue weighted by atomic mass is 9.96. The van der Waals surface area contributed by atoms with Crippen LogP contribution in [0.2, 0.25) is 0 Å². The zero-order chi connectivity index (χ0) is 31.8. The fourth-order valence-corrected chi connectivity index (χ4v) is 5.93. The summed E-state index contributed by atoms with van der Waals surface area (Å²) in [7, 11) is 0. The van der Waals surface area contributed by atoms with Crippen molar-refractivity contribution in [3.63, 3.8) is 0 Å². The van der Waals surface area contributed by atoms with Crippen LogP contribution in [0.4, 0.5) is 4.79 Å². The maximum Gasteiger partial charge on any atom is 0.518 e. The predicted octanol–water partition coefficient (Wildman–Crippen LogP) is 5.07. The number of nitrogens with zero attached hydrogens (tertiary/aromatic N) is 1.